The van der Waals surface area contributed by atoms with Crippen LogP contribution in [-0.4, -0.2) is 4.57 Å². The van der Waals surface area contributed by atoms with Gasteiger partial charge >= 0.3 is 0 Å². The molecule has 0 N–H and O–H groups in total. The molecule has 0 unspecified atom stereocenters. The quantitative estimate of drug-likeness (QED) is 0.181. The van der Waals surface area contributed by atoms with Crippen LogP contribution < -0.4 is 0 Å². The van der Waals surface area contributed by atoms with E-state index in [-0.39, 0.29) is 0 Å². The van der Waals surface area contributed by atoms with Crippen LogP contribution in [0.3, 0.4) is 0 Å². The molecular weight excluding hydrogens is 667 g/mol. The number of benzene rings is 8. The summed E-state index contributed by atoms with van der Waals surface area (Å²) in [7, 11) is 0. The van der Waals surface area contributed by atoms with Crippen LogP contribution in [0.15, 0.2) is 208 Å². The van der Waals surface area contributed by atoms with E-state index in [2.05, 4.69) is 193 Å². The Morgan fingerprint density at radius 2 is 0.962 bits per heavy atom. The minimum absolute atomic E-state index is 0.454. The van der Waals surface area contributed by atoms with Crippen LogP contribution >= 0.6 is 23.5 Å². The fourth-order valence-corrected chi connectivity index (χ4v) is 11.3. The first-order valence-corrected chi connectivity index (χ1v) is 19.4. The Bertz CT molecular complexity index is 2810. The number of aromatic nitrogens is 1. The average Bonchev–Trinajstić information content (AvgIpc) is 3.55. The molecule has 0 amide bonds. The van der Waals surface area contributed by atoms with Crippen LogP contribution in [-0.2, 0) is 5.41 Å². The minimum Gasteiger partial charge on any atom is -0.309 e. The zero-order valence-electron chi connectivity index (χ0n) is 28.2. The third kappa shape index (κ3) is 4.27. The summed E-state index contributed by atoms with van der Waals surface area (Å²) in [6.07, 6.45) is 0. The Hall–Kier alpha value is -5.74. The monoisotopic (exact) mass is 697 g/mol. The Morgan fingerprint density at radius 1 is 0.365 bits per heavy atom. The lowest BCUT2D eigenvalue weighted by molar-refractivity contribution is 0.668. The molecule has 244 valence electrons. The lowest BCUT2D eigenvalue weighted by atomic mass is 9.64. The SMILES string of the molecule is c1ccc(-c2cccc3c2Sc2cc(-c4ccc5c(c4)c4ccccc4n5-c4ccccc4)ccc2C32c3ccccc3Sc3ccccc32)cc1. The first-order chi connectivity index (χ1) is 25.8. The first kappa shape index (κ1) is 29.9. The predicted molar refractivity (Wildman–Crippen MR) is 218 cm³/mol. The van der Waals surface area contributed by atoms with Gasteiger partial charge in [-0.2, -0.15) is 0 Å². The summed E-state index contributed by atoms with van der Waals surface area (Å²) in [6.45, 7) is 0. The molecule has 11 rings (SSSR count). The molecule has 8 aromatic carbocycles. The fourth-order valence-electron chi connectivity index (χ4n) is 8.72. The average molecular weight is 698 g/mol. The Morgan fingerprint density at radius 3 is 1.75 bits per heavy atom. The Kier molecular flexibility index (Phi) is 6.70. The third-order valence-electron chi connectivity index (χ3n) is 10.9. The van der Waals surface area contributed by atoms with Gasteiger partial charge in [0.05, 0.1) is 16.4 Å². The summed E-state index contributed by atoms with van der Waals surface area (Å²) in [5, 5.41) is 2.53. The van der Waals surface area contributed by atoms with Gasteiger partial charge in [-0.25, -0.2) is 0 Å². The molecule has 0 saturated heterocycles. The normalized spacial score (nSPS) is 13.8. The summed E-state index contributed by atoms with van der Waals surface area (Å²) in [5.41, 5.74) is 13.6. The molecule has 9 aromatic rings. The zero-order valence-corrected chi connectivity index (χ0v) is 29.8. The molecule has 0 bridgehead atoms. The van der Waals surface area contributed by atoms with Crippen molar-refractivity contribution in [1.29, 1.82) is 0 Å². The van der Waals surface area contributed by atoms with Crippen LogP contribution in [0.5, 0.6) is 0 Å². The van der Waals surface area contributed by atoms with Gasteiger partial charge in [0.1, 0.15) is 0 Å². The largest absolute Gasteiger partial charge is 0.309 e. The highest BCUT2D eigenvalue weighted by Crippen LogP contribution is 2.63. The van der Waals surface area contributed by atoms with Gasteiger partial charge in [-0.15, -0.1) is 0 Å². The lowest BCUT2D eigenvalue weighted by Crippen LogP contribution is -2.36. The van der Waals surface area contributed by atoms with Crippen LogP contribution in [0.2, 0.25) is 0 Å². The molecule has 0 saturated carbocycles. The molecule has 1 nitrogen and oxygen atoms in total. The summed E-state index contributed by atoms with van der Waals surface area (Å²) < 4.78 is 2.39. The predicted octanol–water partition coefficient (Wildman–Crippen LogP) is 13.4. The van der Waals surface area contributed by atoms with Crippen molar-refractivity contribution in [3.8, 4) is 27.9 Å². The van der Waals surface area contributed by atoms with E-state index in [9.17, 15) is 0 Å². The molecule has 2 aliphatic heterocycles. The smallest absolute Gasteiger partial charge is 0.0745 e. The van der Waals surface area contributed by atoms with Gasteiger partial charge in [0.25, 0.3) is 0 Å². The van der Waals surface area contributed by atoms with Crippen molar-refractivity contribution in [2.75, 3.05) is 0 Å². The highest BCUT2D eigenvalue weighted by molar-refractivity contribution is 8.00. The van der Waals surface area contributed by atoms with E-state index in [1.54, 1.807) is 0 Å². The molecule has 52 heavy (non-hydrogen) atoms. The van der Waals surface area contributed by atoms with Gasteiger partial charge in [-0.1, -0.05) is 163 Å². The number of nitrogens with zero attached hydrogens (tertiary/aromatic N) is 1. The van der Waals surface area contributed by atoms with Gasteiger partial charge in [0.2, 0.25) is 0 Å². The van der Waals surface area contributed by atoms with E-state index in [1.807, 2.05) is 23.5 Å². The number of para-hydroxylation sites is 2. The number of fused-ring (bicyclic) bond motifs is 11. The molecule has 0 atom stereocenters. The van der Waals surface area contributed by atoms with Crippen molar-refractivity contribution in [1.82, 2.24) is 4.57 Å². The Balaban J connectivity index is 1.17. The van der Waals surface area contributed by atoms with Crippen molar-refractivity contribution in [2.24, 2.45) is 0 Å². The molecular formula is C49H31NS2. The second kappa shape index (κ2) is 11.6. The Labute approximate surface area is 311 Å². The van der Waals surface area contributed by atoms with E-state index in [1.165, 1.54) is 91.6 Å². The number of hydrogen-bond acceptors (Lipinski definition) is 2. The molecule has 0 aliphatic carbocycles. The van der Waals surface area contributed by atoms with Crippen molar-refractivity contribution in [2.45, 2.75) is 25.0 Å². The first-order valence-electron chi connectivity index (χ1n) is 17.8. The van der Waals surface area contributed by atoms with Crippen molar-refractivity contribution in [3.63, 3.8) is 0 Å². The summed E-state index contributed by atoms with van der Waals surface area (Å²) in [6, 6.07) is 69.7. The van der Waals surface area contributed by atoms with Gasteiger partial charge in [-0.3, -0.25) is 0 Å². The number of rotatable bonds is 3. The van der Waals surface area contributed by atoms with Crippen molar-refractivity contribution >= 4 is 45.3 Å². The summed E-state index contributed by atoms with van der Waals surface area (Å²) in [5.74, 6) is 0. The van der Waals surface area contributed by atoms with Crippen LogP contribution in [0, 0.1) is 0 Å². The molecule has 2 aliphatic rings. The van der Waals surface area contributed by atoms with Crippen LogP contribution in [0.1, 0.15) is 22.3 Å². The highest BCUT2D eigenvalue weighted by atomic mass is 32.2. The van der Waals surface area contributed by atoms with Crippen molar-refractivity contribution < 1.29 is 0 Å². The third-order valence-corrected chi connectivity index (χ3v) is 13.3. The van der Waals surface area contributed by atoms with Gasteiger partial charge in [0.15, 0.2) is 0 Å². The summed E-state index contributed by atoms with van der Waals surface area (Å²) in [4.78, 5) is 5.27. The fraction of sp³-hybridized carbons (Fsp3) is 0.0204. The molecule has 1 spiro atoms. The van der Waals surface area contributed by atoms with E-state index in [0.717, 1.165) is 0 Å². The minimum atomic E-state index is -0.454. The maximum atomic E-state index is 2.46. The second-order valence-electron chi connectivity index (χ2n) is 13.6. The van der Waals surface area contributed by atoms with Crippen LogP contribution in [0.4, 0.5) is 0 Å². The maximum Gasteiger partial charge on any atom is 0.0745 e. The van der Waals surface area contributed by atoms with E-state index >= 15 is 0 Å². The standard InChI is InChI=1S/C49H31NS2/c1-3-14-32(15-4-1)36-19-13-22-42-48(36)52-47-31-34(26-28-41(47)49(42)39-20-8-11-24-45(39)51-46-25-12-9-21-40(46)49)33-27-29-44-38(30-33)37-18-7-10-23-43(37)50(44)35-16-5-2-6-17-35/h1-31H. The molecule has 0 fully saturated rings. The van der Waals surface area contributed by atoms with Gasteiger partial charge in [0, 0.05) is 36.0 Å². The topological polar surface area (TPSA) is 4.93 Å². The number of hydrogen-bond donors (Lipinski definition) is 0. The van der Waals surface area contributed by atoms with E-state index in [4.69, 9.17) is 0 Å². The summed E-state index contributed by atoms with van der Waals surface area (Å²) >= 11 is 3.82. The van der Waals surface area contributed by atoms with E-state index in [0.29, 0.717) is 0 Å². The van der Waals surface area contributed by atoms with Gasteiger partial charge in [-0.05, 0) is 93.0 Å². The molecule has 3 heteroatoms. The molecule has 0 radical (unpaired) electrons. The second-order valence-corrected chi connectivity index (χ2v) is 15.8. The lowest BCUT2D eigenvalue weighted by Gasteiger charge is -2.46. The van der Waals surface area contributed by atoms with Crippen molar-refractivity contribution in [3.05, 3.63) is 210 Å². The zero-order chi connectivity index (χ0) is 34.2. The van der Waals surface area contributed by atoms with Crippen LogP contribution in [0.25, 0.3) is 49.7 Å². The highest BCUT2D eigenvalue weighted by Gasteiger charge is 2.49. The van der Waals surface area contributed by atoms with E-state index < -0.39 is 5.41 Å². The maximum absolute atomic E-state index is 2.46. The van der Waals surface area contributed by atoms with Gasteiger partial charge < -0.3 is 4.57 Å². The molecule has 1 aromatic heterocycles. The molecule has 3 heterocycles.